The van der Waals surface area contributed by atoms with Crippen molar-refractivity contribution >= 4 is 62.3 Å². The maximum Gasteiger partial charge on any atom is 0.264 e. The number of hydrogen-bond donors (Lipinski definition) is 1. The molecule has 3 rings (SSSR count). The molecular weight excluding hydrogens is 569 g/mol. The molecule has 1 unspecified atom stereocenters. The summed E-state index contributed by atoms with van der Waals surface area (Å²) in [5, 5.41) is 3.83. The summed E-state index contributed by atoms with van der Waals surface area (Å²) in [4.78, 5) is 28.0. The van der Waals surface area contributed by atoms with Crippen LogP contribution in [-0.4, -0.2) is 43.8 Å². The zero-order valence-electron chi connectivity index (χ0n) is 21.1. The molecule has 0 aromatic heterocycles. The summed E-state index contributed by atoms with van der Waals surface area (Å²) in [7, 11) is -4.16. The van der Waals surface area contributed by atoms with Crippen molar-refractivity contribution in [2.75, 3.05) is 10.8 Å². The van der Waals surface area contributed by atoms with Gasteiger partial charge in [-0.1, -0.05) is 59.1 Å². The van der Waals surface area contributed by atoms with Crippen LogP contribution in [0, 0.1) is 0 Å². The Hall–Kier alpha value is -2.78. The first-order valence-corrected chi connectivity index (χ1v) is 14.3. The lowest BCUT2D eigenvalue weighted by Gasteiger charge is -2.32. The van der Waals surface area contributed by atoms with E-state index in [1.165, 1.54) is 29.2 Å². The molecule has 0 aliphatic rings. The Labute approximate surface area is 238 Å². The molecule has 3 aromatic carbocycles. The first kappa shape index (κ1) is 29.8. The Morgan fingerprint density at radius 1 is 0.868 bits per heavy atom. The second-order valence-corrected chi connectivity index (χ2v) is 12.0. The first-order valence-electron chi connectivity index (χ1n) is 11.8. The second kappa shape index (κ2) is 12.8. The predicted octanol–water partition coefficient (Wildman–Crippen LogP) is 5.78. The third-order valence-corrected chi connectivity index (χ3v) is 8.44. The number of nitrogens with zero attached hydrogens (tertiary/aromatic N) is 2. The molecule has 0 spiro atoms. The normalized spacial score (nSPS) is 12.2. The predicted molar refractivity (Wildman–Crippen MR) is 152 cm³/mol. The zero-order valence-corrected chi connectivity index (χ0v) is 24.2. The van der Waals surface area contributed by atoms with Gasteiger partial charge in [0.2, 0.25) is 11.8 Å². The Bertz CT molecular complexity index is 1380. The van der Waals surface area contributed by atoms with Gasteiger partial charge in [0.25, 0.3) is 10.0 Å². The molecule has 1 N–H and O–H groups in total. The zero-order chi connectivity index (χ0) is 28.0. The third kappa shape index (κ3) is 7.41. The highest BCUT2D eigenvalue weighted by Gasteiger charge is 2.32. The average molecular weight is 597 g/mol. The van der Waals surface area contributed by atoms with Crippen LogP contribution in [0.25, 0.3) is 0 Å². The molecule has 7 nitrogen and oxygen atoms in total. The topological polar surface area (TPSA) is 86.8 Å². The van der Waals surface area contributed by atoms with Crippen LogP contribution in [0.2, 0.25) is 15.1 Å². The Balaban J connectivity index is 2.01. The minimum absolute atomic E-state index is 0.00598. The van der Waals surface area contributed by atoms with E-state index in [1.54, 1.807) is 55.5 Å². The van der Waals surface area contributed by atoms with E-state index in [2.05, 4.69) is 5.32 Å². The Morgan fingerprint density at radius 3 is 2.08 bits per heavy atom. The first-order chi connectivity index (χ1) is 17.9. The number of benzene rings is 3. The van der Waals surface area contributed by atoms with Crippen LogP contribution in [0.1, 0.15) is 26.3 Å². The van der Waals surface area contributed by atoms with Gasteiger partial charge in [0, 0.05) is 17.6 Å². The third-order valence-electron chi connectivity index (χ3n) is 5.66. The number of amides is 2. The number of anilines is 1. The number of halogens is 3. The van der Waals surface area contributed by atoms with E-state index in [0.29, 0.717) is 26.3 Å². The minimum Gasteiger partial charge on any atom is -0.352 e. The lowest BCUT2D eigenvalue weighted by molar-refractivity contribution is -0.139. The molecule has 2 amide bonds. The van der Waals surface area contributed by atoms with Gasteiger partial charge in [-0.2, -0.15) is 0 Å². The van der Waals surface area contributed by atoms with E-state index in [9.17, 15) is 18.0 Å². The van der Waals surface area contributed by atoms with Gasteiger partial charge < -0.3 is 10.2 Å². The van der Waals surface area contributed by atoms with Crippen molar-refractivity contribution in [1.82, 2.24) is 10.2 Å². The van der Waals surface area contributed by atoms with Gasteiger partial charge in [0.05, 0.1) is 20.6 Å². The van der Waals surface area contributed by atoms with Crippen molar-refractivity contribution in [2.24, 2.45) is 0 Å². The lowest BCUT2D eigenvalue weighted by Crippen LogP contribution is -2.52. The maximum atomic E-state index is 13.8. The van der Waals surface area contributed by atoms with Crippen LogP contribution < -0.4 is 9.62 Å². The molecule has 0 saturated carbocycles. The summed E-state index contributed by atoms with van der Waals surface area (Å²) in [6.07, 6.45) is 0. The monoisotopic (exact) mass is 595 g/mol. The van der Waals surface area contributed by atoms with Crippen molar-refractivity contribution in [2.45, 2.75) is 44.3 Å². The van der Waals surface area contributed by atoms with E-state index in [1.807, 2.05) is 13.8 Å². The SMILES string of the molecule is CC(C)NC(=O)C(C)N(Cc1ccc(Cl)c(Cl)c1)C(=O)CN(c1ccccc1)S(=O)(=O)c1ccc(Cl)cc1. The molecule has 0 fully saturated rings. The van der Waals surface area contributed by atoms with Gasteiger partial charge in [-0.3, -0.25) is 13.9 Å². The molecule has 202 valence electrons. The smallest absolute Gasteiger partial charge is 0.264 e. The standard InChI is InChI=1S/C27H28Cl3N3O4S/c1-18(2)31-27(35)19(3)32(16-20-9-14-24(29)25(30)15-20)26(34)17-33(22-7-5-4-6-8-22)38(36,37)23-12-10-21(28)11-13-23/h4-15,18-19H,16-17H2,1-3H3,(H,31,35). The number of carbonyl (C=O) groups is 2. The summed E-state index contributed by atoms with van der Waals surface area (Å²) < 4.78 is 28.4. The minimum atomic E-state index is -4.16. The molecule has 11 heteroatoms. The number of hydrogen-bond acceptors (Lipinski definition) is 4. The highest BCUT2D eigenvalue weighted by atomic mass is 35.5. The quantitative estimate of drug-likeness (QED) is 0.321. The summed E-state index contributed by atoms with van der Waals surface area (Å²) in [6, 6.07) is 17.8. The van der Waals surface area contributed by atoms with E-state index in [4.69, 9.17) is 34.8 Å². The van der Waals surface area contributed by atoms with Crippen molar-refractivity contribution in [3.63, 3.8) is 0 Å². The van der Waals surface area contributed by atoms with Crippen LogP contribution in [0.3, 0.4) is 0 Å². The fourth-order valence-electron chi connectivity index (χ4n) is 3.68. The summed E-state index contributed by atoms with van der Waals surface area (Å²) in [6.45, 7) is 4.67. The summed E-state index contributed by atoms with van der Waals surface area (Å²) >= 11 is 18.2. The molecule has 38 heavy (non-hydrogen) atoms. The van der Waals surface area contributed by atoms with Gasteiger partial charge in [-0.25, -0.2) is 8.42 Å². The average Bonchev–Trinajstić information content (AvgIpc) is 2.87. The van der Waals surface area contributed by atoms with Crippen molar-refractivity contribution in [3.8, 4) is 0 Å². The van der Waals surface area contributed by atoms with Gasteiger partial charge in [-0.05, 0) is 74.9 Å². The molecule has 0 saturated heterocycles. The van der Waals surface area contributed by atoms with Crippen LogP contribution >= 0.6 is 34.8 Å². The van der Waals surface area contributed by atoms with Crippen LogP contribution in [0.15, 0.2) is 77.7 Å². The molecule has 0 aliphatic heterocycles. The molecule has 0 heterocycles. The molecule has 0 aliphatic carbocycles. The van der Waals surface area contributed by atoms with Gasteiger partial charge >= 0.3 is 0 Å². The molecule has 0 bridgehead atoms. The highest BCUT2D eigenvalue weighted by molar-refractivity contribution is 7.92. The Kier molecular flexibility index (Phi) is 10.1. The van der Waals surface area contributed by atoms with Crippen LogP contribution in [0.4, 0.5) is 5.69 Å². The lowest BCUT2D eigenvalue weighted by atomic mass is 10.1. The fraction of sp³-hybridized carbons (Fsp3) is 0.259. The number of nitrogens with one attached hydrogen (secondary N) is 1. The second-order valence-electron chi connectivity index (χ2n) is 8.91. The van der Waals surface area contributed by atoms with Crippen molar-refractivity contribution in [1.29, 1.82) is 0 Å². The van der Waals surface area contributed by atoms with Crippen molar-refractivity contribution in [3.05, 3.63) is 93.4 Å². The van der Waals surface area contributed by atoms with Crippen LogP contribution in [-0.2, 0) is 26.2 Å². The van der Waals surface area contributed by atoms with E-state index in [0.717, 1.165) is 4.31 Å². The van der Waals surface area contributed by atoms with Crippen LogP contribution in [0.5, 0.6) is 0 Å². The number of carbonyl (C=O) groups excluding carboxylic acids is 2. The van der Waals surface area contributed by atoms with E-state index in [-0.39, 0.29) is 23.4 Å². The largest absolute Gasteiger partial charge is 0.352 e. The van der Waals surface area contributed by atoms with Crippen molar-refractivity contribution < 1.29 is 18.0 Å². The highest BCUT2D eigenvalue weighted by Crippen LogP contribution is 2.26. The maximum absolute atomic E-state index is 13.8. The molecule has 0 radical (unpaired) electrons. The van der Waals surface area contributed by atoms with Gasteiger partial charge in [-0.15, -0.1) is 0 Å². The number of para-hydroxylation sites is 1. The van der Waals surface area contributed by atoms with E-state index < -0.39 is 28.5 Å². The summed E-state index contributed by atoms with van der Waals surface area (Å²) in [5.41, 5.74) is 0.924. The van der Waals surface area contributed by atoms with E-state index >= 15 is 0 Å². The van der Waals surface area contributed by atoms with Gasteiger partial charge in [0.1, 0.15) is 12.6 Å². The number of sulfonamides is 1. The fourth-order valence-corrected chi connectivity index (χ4v) is 5.54. The summed E-state index contributed by atoms with van der Waals surface area (Å²) in [5.74, 6) is -0.955. The molecule has 1 atom stereocenters. The van der Waals surface area contributed by atoms with Gasteiger partial charge in [0.15, 0.2) is 0 Å². The number of rotatable bonds is 10. The molecular formula is C27H28Cl3N3O4S. The Morgan fingerprint density at radius 2 is 1.50 bits per heavy atom. The molecule has 3 aromatic rings.